The molecule has 0 radical (unpaired) electrons. The van der Waals surface area contributed by atoms with Crippen molar-refractivity contribution in [2.45, 2.75) is 59.2 Å². The van der Waals surface area contributed by atoms with Gasteiger partial charge in [-0.1, -0.05) is 30.3 Å². The number of aliphatic imine (C=N–C) groups is 1. The van der Waals surface area contributed by atoms with E-state index in [0.29, 0.717) is 12.1 Å². The molecule has 0 aliphatic carbocycles. The third-order valence-corrected chi connectivity index (χ3v) is 5.91. The second kappa shape index (κ2) is 11.7. The fourth-order valence-electron chi connectivity index (χ4n) is 4.21. The third kappa shape index (κ3) is 6.44. The molecule has 2 aromatic rings. The Kier molecular flexibility index (Phi) is 9.61. The van der Waals surface area contributed by atoms with Gasteiger partial charge in [0.2, 0.25) is 0 Å². The largest absolute Gasteiger partial charge is 0.357 e. The molecular weight excluding hydrogens is 487 g/mol. The zero-order valence-corrected chi connectivity index (χ0v) is 21.3. The van der Waals surface area contributed by atoms with Crippen LogP contribution in [-0.4, -0.2) is 52.4 Å². The van der Waals surface area contributed by atoms with Gasteiger partial charge in [-0.2, -0.15) is 5.10 Å². The van der Waals surface area contributed by atoms with Crippen molar-refractivity contribution >= 4 is 29.9 Å². The van der Waals surface area contributed by atoms with E-state index in [1.807, 2.05) is 11.7 Å². The van der Waals surface area contributed by atoms with Gasteiger partial charge in [0.25, 0.3) is 0 Å². The van der Waals surface area contributed by atoms with Crippen molar-refractivity contribution in [2.75, 3.05) is 19.6 Å². The van der Waals surface area contributed by atoms with Crippen LogP contribution in [0.25, 0.3) is 0 Å². The quantitative estimate of drug-likeness (QED) is 0.331. The van der Waals surface area contributed by atoms with Crippen molar-refractivity contribution in [2.24, 2.45) is 12.0 Å². The summed E-state index contributed by atoms with van der Waals surface area (Å²) in [5.41, 5.74) is 5.04. The summed E-state index contributed by atoms with van der Waals surface area (Å²) in [6.07, 6.45) is 2.06. The molecule has 1 aliphatic heterocycles. The highest BCUT2D eigenvalue weighted by atomic mass is 127. The zero-order valence-electron chi connectivity index (χ0n) is 19.0. The highest BCUT2D eigenvalue weighted by Gasteiger charge is 2.29. The zero-order chi connectivity index (χ0) is 20.8. The van der Waals surface area contributed by atoms with Crippen LogP contribution in [0.2, 0.25) is 0 Å². The average molecular weight is 524 g/mol. The Hall–Kier alpha value is -1.61. The van der Waals surface area contributed by atoms with Crippen LogP contribution in [0.4, 0.5) is 0 Å². The van der Waals surface area contributed by atoms with Gasteiger partial charge in [-0.3, -0.25) is 14.6 Å². The second-order valence-corrected chi connectivity index (χ2v) is 8.12. The lowest BCUT2D eigenvalue weighted by atomic mass is 10.1. The monoisotopic (exact) mass is 524 g/mol. The molecule has 1 aromatic carbocycles. The van der Waals surface area contributed by atoms with Gasteiger partial charge in [0.1, 0.15) is 0 Å². The van der Waals surface area contributed by atoms with Crippen molar-refractivity contribution < 1.29 is 0 Å². The summed E-state index contributed by atoms with van der Waals surface area (Å²) in [5, 5.41) is 11.6. The van der Waals surface area contributed by atoms with Gasteiger partial charge in [-0.15, -0.1) is 24.0 Å². The Labute approximate surface area is 198 Å². The van der Waals surface area contributed by atoms with E-state index in [4.69, 9.17) is 4.99 Å². The first-order chi connectivity index (χ1) is 14.0. The Morgan fingerprint density at radius 3 is 2.60 bits per heavy atom. The molecule has 0 saturated carbocycles. The standard InChI is InChI=1S/C23H36N6.HI/c1-6-24-23(25-13-12-22-18(3)27-28(5)19(22)4)26-21-14-17(2)29(16-21)15-20-10-8-7-9-11-20;/h7-11,17,21H,6,12-16H2,1-5H3,(H2,24,25,26);1H. The van der Waals surface area contributed by atoms with Gasteiger partial charge in [-0.25, -0.2) is 0 Å². The number of rotatable bonds is 7. The number of guanidine groups is 1. The summed E-state index contributed by atoms with van der Waals surface area (Å²) >= 11 is 0. The molecule has 2 atom stereocenters. The molecule has 0 spiro atoms. The van der Waals surface area contributed by atoms with E-state index >= 15 is 0 Å². The Bertz CT molecular complexity index is 817. The number of likely N-dealkylation sites (tertiary alicyclic amines) is 1. The smallest absolute Gasteiger partial charge is 0.191 e. The number of halogens is 1. The van der Waals surface area contributed by atoms with Gasteiger partial charge < -0.3 is 10.6 Å². The number of hydrogen-bond donors (Lipinski definition) is 2. The maximum atomic E-state index is 4.84. The lowest BCUT2D eigenvalue weighted by Gasteiger charge is -2.21. The minimum atomic E-state index is 0. The molecule has 0 bridgehead atoms. The van der Waals surface area contributed by atoms with E-state index in [-0.39, 0.29) is 24.0 Å². The van der Waals surface area contributed by atoms with Gasteiger partial charge in [-0.05, 0) is 51.7 Å². The molecule has 166 valence electrons. The molecule has 2 heterocycles. The molecule has 6 nitrogen and oxygen atoms in total. The van der Waals surface area contributed by atoms with E-state index < -0.39 is 0 Å². The fraction of sp³-hybridized carbons (Fsp3) is 0.565. The van der Waals surface area contributed by atoms with Gasteiger partial charge in [0, 0.05) is 51.0 Å². The van der Waals surface area contributed by atoms with Gasteiger partial charge in [0.05, 0.1) is 5.69 Å². The number of aromatic nitrogens is 2. The lowest BCUT2D eigenvalue weighted by Crippen LogP contribution is -2.44. The minimum absolute atomic E-state index is 0. The Morgan fingerprint density at radius 2 is 1.97 bits per heavy atom. The van der Waals surface area contributed by atoms with Gasteiger partial charge in [0.15, 0.2) is 5.96 Å². The van der Waals surface area contributed by atoms with Crippen molar-refractivity contribution in [3.8, 4) is 0 Å². The van der Waals surface area contributed by atoms with E-state index in [2.05, 4.69) is 78.7 Å². The van der Waals surface area contributed by atoms with Crippen LogP contribution in [-0.2, 0) is 20.0 Å². The lowest BCUT2D eigenvalue weighted by molar-refractivity contribution is 0.258. The van der Waals surface area contributed by atoms with E-state index in [1.165, 1.54) is 16.8 Å². The number of benzene rings is 1. The van der Waals surface area contributed by atoms with E-state index in [0.717, 1.165) is 50.7 Å². The van der Waals surface area contributed by atoms with Crippen LogP contribution in [0.1, 0.15) is 42.8 Å². The normalized spacial score (nSPS) is 19.6. The highest BCUT2D eigenvalue weighted by Crippen LogP contribution is 2.20. The molecule has 3 rings (SSSR count). The molecule has 1 aliphatic rings. The van der Waals surface area contributed by atoms with Crippen LogP contribution in [0.15, 0.2) is 35.3 Å². The predicted octanol–water partition coefficient (Wildman–Crippen LogP) is 3.42. The molecule has 2 unspecified atom stereocenters. The Morgan fingerprint density at radius 1 is 1.23 bits per heavy atom. The highest BCUT2D eigenvalue weighted by molar-refractivity contribution is 14.0. The molecule has 7 heteroatoms. The third-order valence-electron chi connectivity index (χ3n) is 5.91. The summed E-state index contributed by atoms with van der Waals surface area (Å²) in [7, 11) is 2.00. The first-order valence-corrected chi connectivity index (χ1v) is 10.8. The summed E-state index contributed by atoms with van der Waals surface area (Å²) in [6.45, 7) is 12.3. The summed E-state index contributed by atoms with van der Waals surface area (Å²) < 4.78 is 1.96. The van der Waals surface area contributed by atoms with Crippen molar-refractivity contribution in [3.05, 3.63) is 52.8 Å². The molecule has 0 amide bonds. The fourth-order valence-corrected chi connectivity index (χ4v) is 4.21. The Balaban J connectivity index is 0.00000320. The van der Waals surface area contributed by atoms with E-state index in [1.54, 1.807) is 0 Å². The minimum Gasteiger partial charge on any atom is -0.357 e. The van der Waals surface area contributed by atoms with Crippen LogP contribution in [0.3, 0.4) is 0 Å². The summed E-state index contributed by atoms with van der Waals surface area (Å²) in [4.78, 5) is 7.39. The first-order valence-electron chi connectivity index (χ1n) is 10.8. The molecule has 1 aromatic heterocycles. The first kappa shape index (κ1) is 24.7. The molecular formula is C23H37IN6. The number of hydrogen-bond acceptors (Lipinski definition) is 3. The molecule has 2 N–H and O–H groups in total. The van der Waals surface area contributed by atoms with Crippen LogP contribution in [0.5, 0.6) is 0 Å². The van der Waals surface area contributed by atoms with Crippen LogP contribution in [0, 0.1) is 13.8 Å². The SMILES string of the molecule is CCNC(=NCCc1c(C)nn(C)c1C)NC1CC(C)N(Cc2ccccc2)C1.I. The van der Waals surface area contributed by atoms with Crippen molar-refractivity contribution in [1.29, 1.82) is 0 Å². The maximum Gasteiger partial charge on any atom is 0.191 e. The summed E-state index contributed by atoms with van der Waals surface area (Å²) in [6, 6.07) is 11.7. The molecule has 30 heavy (non-hydrogen) atoms. The predicted molar refractivity (Wildman–Crippen MR) is 136 cm³/mol. The van der Waals surface area contributed by atoms with Crippen molar-refractivity contribution in [3.63, 3.8) is 0 Å². The molecule has 1 saturated heterocycles. The number of nitrogens with one attached hydrogen (secondary N) is 2. The van der Waals surface area contributed by atoms with E-state index in [9.17, 15) is 0 Å². The average Bonchev–Trinajstić information content (AvgIpc) is 3.15. The van der Waals surface area contributed by atoms with Gasteiger partial charge >= 0.3 is 0 Å². The maximum absolute atomic E-state index is 4.84. The van der Waals surface area contributed by atoms with Crippen LogP contribution >= 0.6 is 24.0 Å². The second-order valence-electron chi connectivity index (χ2n) is 8.12. The van der Waals surface area contributed by atoms with Crippen molar-refractivity contribution in [1.82, 2.24) is 25.3 Å². The number of nitrogens with zero attached hydrogens (tertiary/aromatic N) is 4. The number of aryl methyl sites for hydroxylation is 2. The van der Waals surface area contributed by atoms with Crippen LogP contribution < -0.4 is 10.6 Å². The molecule has 1 fully saturated rings. The summed E-state index contributed by atoms with van der Waals surface area (Å²) in [5.74, 6) is 0.922. The topological polar surface area (TPSA) is 57.5 Å².